The standard InChI is InChI=1S/C16H21N3O4S/c1-18-15-13(10-5-2-3-6-11(10)24-15)14(22)19(16(18)23)9-12(21)17-7-4-8-20/h20H,2-9H2,1H3,(H,17,21). The molecule has 24 heavy (non-hydrogen) atoms. The average molecular weight is 351 g/mol. The summed E-state index contributed by atoms with van der Waals surface area (Å²) in [5.41, 5.74) is 0.213. The first-order chi connectivity index (χ1) is 11.5. The van der Waals surface area contributed by atoms with E-state index in [0.717, 1.165) is 35.8 Å². The van der Waals surface area contributed by atoms with Crippen molar-refractivity contribution in [3.8, 4) is 0 Å². The zero-order valence-electron chi connectivity index (χ0n) is 13.6. The van der Waals surface area contributed by atoms with E-state index in [1.165, 1.54) is 20.8 Å². The minimum absolute atomic E-state index is 0.0189. The number of nitrogens with zero attached hydrogens (tertiary/aromatic N) is 2. The molecule has 0 fully saturated rings. The maximum Gasteiger partial charge on any atom is 0.332 e. The second-order valence-electron chi connectivity index (χ2n) is 6.05. The highest BCUT2D eigenvalue weighted by molar-refractivity contribution is 7.18. The molecule has 1 aliphatic rings. The topological polar surface area (TPSA) is 93.3 Å². The predicted octanol–water partition coefficient (Wildman–Crippen LogP) is 0.139. The van der Waals surface area contributed by atoms with Gasteiger partial charge in [-0.25, -0.2) is 4.79 Å². The first kappa shape index (κ1) is 16.9. The number of hydrogen-bond donors (Lipinski definition) is 2. The third-order valence-electron chi connectivity index (χ3n) is 4.39. The van der Waals surface area contributed by atoms with Crippen molar-refractivity contribution in [3.63, 3.8) is 0 Å². The SMILES string of the molecule is Cn1c(=O)n(CC(=O)NCCCO)c(=O)c2c3c(sc21)CCCC3. The lowest BCUT2D eigenvalue weighted by molar-refractivity contribution is -0.121. The largest absolute Gasteiger partial charge is 0.396 e. The van der Waals surface area contributed by atoms with Crippen LogP contribution in [0.1, 0.15) is 29.7 Å². The van der Waals surface area contributed by atoms with Crippen molar-refractivity contribution < 1.29 is 9.90 Å². The predicted molar refractivity (Wildman–Crippen MR) is 92.7 cm³/mol. The first-order valence-electron chi connectivity index (χ1n) is 8.16. The summed E-state index contributed by atoms with van der Waals surface area (Å²) in [6.45, 7) is 0.00693. The molecule has 0 spiro atoms. The van der Waals surface area contributed by atoms with E-state index in [1.807, 2.05) is 0 Å². The molecule has 1 amide bonds. The van der Waals surface area contributed by atoms with Crippen molar-refractivity contribution >= 4 is 27.5 Å². The summed E-state index contributed by atoms with van der Waals surface area (Å²) in [5, 5.41) is 11.9. The molecule has 0 atom stereocenters. The Hall–Kier alpha value is -1.93. The first-order valence-corrected chi connectivity index (χ1v) is 8.98. The lowest BCUT2D eigenvalue weighted by Gasteiger charge is -2.11. The minimum Gasteiger partial charge on any atom is -0.396 e. The molecule has 2 aromatic heterocycles. The van der Waals surface area contributed by atoms with Crippen LogP contribution in [0.5, 0.6) is 0 Å². The van der Waals surface area contributed by atoms with Crippen LogP contribution in [0.2, 0.25) is 0 Å². The number of amides is 1. The second kappa shape index (κ2) is 6.90. The molecule has 0 aromatic carbocycles. The van der Waals surface area contributed by atoms with E-state index in [2.05, 4.69) is 5.32 Å². The van der Waals surface area contributed by atoms with Gasteiger partial charge in [0.1, 0.15) is 11.4 Å². The van der Waals surface area contributed by atoms with E-state index in [4.69, 9.17) is 5.11 Å². The van der Waals surface area contributed by atoms with Crippen LogP contribution in [0.4, 0.5) is 0 Å². The van der Waals surface area contributed by atoms with Gasteiger partial charge in [-0.05, 0) is 37.7 Å². The maximum absolute atomic E-state index is 12.8. The lowest BCUT2D eigenvalue weighted by atomic mass is 9.97. The highest BCUT2D eigenvalue weighted by Gasteiger charge is 2.23. The van der Waals surface area contributed by atoms with Crippen molar-refractivity contribution in [2.75, 3.05) is 13.2 Å². The van der Waals surface area contributed by atoms with Crippen molar-refractivity contribution in [2.24, 2.45) is 7.05 Å². The zero-order chi connectivity index (χ0) is 17.3. The molecule has 0 bridgehead atoms. The summed E-state index contributed by atoms with van der Waals surface area (Å²) in [6.07, 6.45) is 4.39. The lowest BCUT2D eigenvalue weighted by Crippen LogP contribution is -2.43. The Kier molecular flexibility index (Phi) is 4.86. The number of aliphatic hydroxyl groups is 1. The van der Waals surface area contributed by atoms with Crippen LogP contribution in [0.3, 0.4) is 0 Å². The number of nitrogens with one attached hydrogen (secondary N) is 1. The molecule has 0 unspecified atom stereocenters. The van der Waals surface area contributed by atoms with Crippen LogP contribution >= 0.6 is 11.3 Å². The Balaban J connectivity index is 2.04. The fourth-order valence-electron chi connectivity index (χ4n) is 3.14. The van der Waals surface area contributed by atoms with E-state index in [1.54, 1.807) is 7.05 Å². The molecule has 0 saturated carbocycles. The van der Waals surface area contributed by atoms with Gasteiger partial charge in [-0.15, -0.1) is 11.3 Å². The molecule has 0 radical (unpaired) electrons. The van der Waals surface area contributed by atoms with Crippen molar-refractivity contribution in [2.45, 2.75) is 38.6 Å². The molecule has 8 heteroatoms. The summed E-state index contributed by atoms with van der Waals surface area (Å²) in [6, 6.07) is 0. The van der Waals surface area contributed by atoms with Crippen LogP contribution < -0.4 is 16.6 Å². The normalized spacial score (nSPS) is 13.9. The van der Waals surface area contributed by atoms with Gasteiger partial charge in [0.2, 0.25) is 5.91 Å². The van der Waals surface area contributed by atoms with Crippen LogP contribution in [-0.2, 0) is 31.2 Å². The molecule has 130 valence electrons. The number of aryl methyl sites for hydroxylation is 3. The molecule has 1 aliphatic carbocycles. The van der Waals surface area contributed by atoms with Crippen LogP contribution in [-0.4, -0.2) is 33.3 Å². The van der Waals surface area contributed by atoms with E-state index in [9.17, 15) is 14.4 Å². The Bertz CT molecular complexity index is 893. The highest BCUT2D eigenvalue weighted by atomic mass is 32.1. The van der Waals surface area contributed by atoms with Gasteiger partial charge in [0.15, 0.2) is 0 Å². The second-order valence-corrected chi connectivity index (χ2v) is 7.13. The smallest absolute Gasteiger partial charge is 0.332 e. The van der Waals surface area contributed by atoms with Gasteiger partial charge >= 0.3 is 5.69 Å². The number of aromatic nitrogens is 2. The van der Waals surface area contributed by atoms with Crippen molar-refractivity contribution in [1.82, 2.24) is 14.5 Å². The van der Waals surface area contributed by atoms with Gasteiger partial charge in [0.25, 0.3) is 5.56 Å². The number of aliphatic hydroxyl groups excluding tert-OH is 1. The molecular weight excluding hydrogens is 330 g/mol. The fourth-order valence-corrected chi connectivity index (χ4v) is 4.48. The molecule has 2 heterocycles. The number of hydrogen-bond acceptors (Lipinski definition) is 5. The van der Waals surface area contributed by atoms with E-state index in [0.29, 0.717) is 23.2 Å². The summed E-state index contributed by atoms with van der Waals surface area (Å²) < 4.78 is 2.49. The molecule has 0 aliphatic heterocycles. The number of carbonyl (C=O) groups excluding carboxylic acids is 1. The van der Waals surface area contributed by atoms with Gasteiger partial charge < -0.3 is 10.4 Å². The summed E-state index contributed by atoms with van der Waals surface area (Å²) in [5.74, 6) is -0.397. The zero-order valence-corrected chi connectivity index (χ0v) is 14.4. The molecule has 3 rings (SSSR count). The van der Waals surface area contributed by atoms with E-state index < -0.39 is 11.6 Å². The minimum atomic E-state index is -0.469. The average Bonchev–Trinajstić information content (AvgIpc) is 2.97. The Labute approximate surface area is 142 Å². The third-order valence-corrected chi connectivity index (χ3v) is 5.76. The van der Waals surface area contributed by atoms with Crippen molar-refractivity contribution in [3.05, 3.63) is 31.3 Å². The number of fused-ring (bicyclic) bond motifs is 3. The fraction of sp³-hybridized carbons (Fsp3) is 0.562. The number of rotatable bonds is 5. The van der Waals surface area contributed by atoms with Gasteiger partial charge in [0, 0.05) is 25.1 Å². The number of thiophene rings is 1. The van der Waals surface area contributed by atoms with E-state index in [-0.39, 0.29) is 18.7 Å². The Morgan fingerprint density at radius 1 is 1.29 bits per heavy atom. The van der Waals surface area contributed by atoms with Crippen molar-refractivity contribution in [1.29, 1.82) is 0 Å². The quantitative estimate of drug-likeness (QED) is 0.750. The van der Waals surface area contributed by atoms with Gasteiger partial charge in [-0.2, -0.15) is 0 Å². The highest BCUT2D eigenvalue weighted by Crippen LogP contribution is 2.33. The molecule has 7 nitrogen and oxygen atoms in total. The molecular formula is C16H21N3O4S. The third kappa shape index (κ3) is 2.91. The van der Waals surface area contributed by atoms with Crippen LogP contribution in [0.25, 0.3) is 10.2 Å². The van der Waals surface area contributed by atoms with Crippen LogP contribution in [0, 0.1) is 0 Å². The monoisotopic (exact) mass is 351 g/mol. The van der Waals surface area contributed by atoms with Crippen LogP contribution in [0.15, 0.2) is 9.59 Å². The summed E-state index contributed by atoms with van der Waals surface area (Å²) in [7, 11) is 1.65. The van der Waals surface area contributed by atoms with Gasteiger partial charge in [-0.3, -0.25) is 18.7 Å². The van der Waals surface area contributed by atoms with Gasteiger partial charge in [0.05, 0.1) is 5.39 Å². The maximum atomic E-state index is 12.8. The Morgan fingerprint density at radius 3 is 2.79 bits per heavy atom. The number of carbonyl (C=O) groups is 1. The molecule has 0 saturated heterocycles. The van der Waals surface area contributed by atoms with E-state index >= 15 is 0 Å². The Morgan fingerprint density at radius 2 is 2.04 bits per heavy atom. The van der Waals surface area contributed by atoms with Gasteiger partial charge in [-0.1, -0.05) is 0 Å². The molecule has 2 N–H and O–H groups in total. The summed E-state index contributed by atoms with van der Waals surface area (Å²) in [4.78, 5) is 39.2. The summed E-state index contributed by atoms with van der Waals surface area (Å²) >= 11 is 1.52. The molecule has 2 aromatic rings.